The second-order valence-corrected chi connectivity index (χ2v) is 22.7. The van der Waals surface area contributed by atoms with Crippen molar-refractivity contribution in [2.45, 2.75) is 354 Å². The van der Waals surface area contributed by atoms with Crippen LogP contribution < -0.4 is 0 Å². The molecule has 0 amide bonds. The van der Waals surface area contributed by atoms with Gasteiger partial charge in [-0.1, -0.05) is 286 Å². The molecular formula is C72H128O6. The van der Waals surface area contributed by atoms with Crippen LogP contribution in [0.1, 0.15) is 348 Å². The highest BCUT2D eigenvalue weighted by molar-refractivity contribution is 5.71. The van der Waals surface area contributed by atoms with Gasteiger partial charge in [0, 0.05) is 19.3 Å². The van der Waals surface area contributed by atoms with Crippen molar-refractivity contribution in [3.05, 3.63) is 72.9 Å². The zero-order valence-electron chi connectivity index (χ0n) is 51.9. The highest BCUT2D eigenvalue weighted by atomic mass is 16.6. The van der Waals surface area contributed by atoms with Crippen LogP contribution in [0, 0.1) is 0 Å². The summed E-state index contributed by atoms with van der Waals surface area (Å²) in [5.74, 6) is -0.881. The molecular weight excluding hydrogens is 961 g/mol. The van der Waals surface area contributed by atoms with Crippen LogP contribution >= 0.6 is 0 Å². The van der Waals surface area contributed by atoms with E-state index in [0.717, 1.165) is 89.9 Å². The van der Waals surface area contributed by atoms with E-state index in [4.69, 9.17) is 14.2 Å². The Bertz CT molecular complexity index is 1440. The van der Waals surface area contributed by atoms with E-state index < -0.39 is 6.10 Å². The summed E-state index contributed by atoms with van der Waals surface area (Å²) in [6, 6.07) is 0. The monoisotopic (exact) mass is 1090 g/mol. The molecule has 0 spiro atoms. The van der Waals surface area contributed by atoms with Crippen molar-refractivity contribution < 1.29 is 28.6 Å². The smallest absolute Gasteiger partial charge is 0.306 e. The van der Waals surface area contributed by atoms with Gasteiger partial charge in [-0.15, -0.1) is 0 Å². The average Bonchev–Trinajstić information content (AvgIpc) is 3.44. The molecule has 0 radical (unpaired) electrons. The predicted octanol–water partition coefficient (Wildman–Crippen LogP) is 23.3. The summed E-state index contributed by atoms with van der Waals surface area (Å²) >= 11 is 0. The van der Waals surface area contributed by atoms with Crippen molar-refractivity contribution >= 4 is 17.9 Å². The van der Waals surface area contributed by atoms with E-state index in [9.17, 15) is 14.4 Å². The Morgan fingerprint density at radius 2 is 0.462 bits per heavy atom. The number of unbranched alkanes of at least 4 members (excludes halogenated alkanes) is 39. The first-order valence-corrected chi connectivity index (χ1v) is 33.9. The summed E-state index contributed by atoms with van der Waals surface area (Å²) < 4.78 is 17.0. The van der Waals surface area contributed by atoms with Crippen LogP contribution in [0.25, 0.3) is 0 Å². The number of carbonyl (C=O) groups excluding carboxylic acids is 3. The number of allylic oxidation sites excluding steroid dienone is 12. The molecule has 0 heterocycles. The van der Waals surface area contributed by atoms with E-state index in [1.54, 1.807) is 0 Å². The average molecular weight is 1090 g/mol. The maximum Gasteiger partial charge on any atom is 0.306 e. The largest absolute Gasteiger partial charge is 0.462 e. The SMILES string of the molecule is CCCCCCC/C=C\C/C=C\C/C=C\CCCCCCCCCCC(=O)OCC(COC(=O)CCCCCCC/C=C\CCCCCCC)OC(=O)CCCCCCCCCCCCC/C=C\C/C=C\CCCCCCC. The molecule has 0 bridgehead atoms. The maximum atomic E-state index is 12.9. The summed E-state index contributed by atoms with van der Waals surface area (Å²) in [6.07, 6.45) is 86.2. The number of ether oxygens (including phenoxy) is 3. The van der Waals surface area contributed by atoms with Gasteiger partial charge in [0.1, 0.15) is 13.2 Å². The highest BCUT2D eigenvalue weighted by Gasteiger charge is 2.19. The van der Waals surface area contributed by atoms with Crippen molar-refractivity contribution in [3.8, 4) is 0 Å². The van der Waals surface area contributed by atoms with Gasteiger partial charge in [0.25, 0.3) is 0 Å². The van der Waals surface area contributed by atoms with Gasteiger partial charge < -0.3 is 14.2 Å². The van der Waals surface area contributed by atoms with E-state index in [0.29, 0.717) is 19.3 Å². The van der Waals surface area contributed by atoms with Gasteiger partial charge in [-0.2, -0.15) is 0 Å². The molecule has 0 aromatic rings. The third-order valence-electron chi connectivity index (χ3n) is 14.9. The number of esters is 3. The first kappa shape index (κ1) is 74.8. The van der Waals surface area contributed by atoms with Crippen LogP contribution in [0.3, 0.4) is 0 Å². The van der Waals surface area contributed by atoms with E-state index in [1.165, 1.54) is 218 Å². The summed E-state index contributed by atoms with van der Waals surface area (Å²) in [4.78, 5) is 38.4. The predicted molar refractivity (Wildman–Crippen MR) is 339 cm³/mol. The standard InChI is InChI=1S/C72H128O6/c1-4-7-10-13-16-19-22-25-28-30-32-34-36-38-40-42-44-47-50-53-56-59-62-65-71(74)77-68-69(67-76-70(73)64-61-58-55-52-49-46-27-24-21-18-15-12-9-6-3)78-72(75)66-63-60-57-54-51-48-45-43-41-39-37-35-33-31-29-26-23-20-17-14-11-8-5-2/h22-27,30-33,36,38,69H,4-21,28-29,34-35,37,39-68H2,1-3H3/b25-22-,26-23-,27-24-,32-30-,33-31-,38-36-. The van der Waals surface area contributed by atoms with Gasteiger partial charge >= 0.3 is 17.9 Å². The minimum atomic E-state index is -0.785. The first-order chi connectivity index (χ1) is 38.5. The Morgan fingerprint density at radius 3 is 0.731 bits per heavy atom. The lowest BCUT2D eigenvalue weighted by Crippen LogP contribution is -2.30. The normalized spacial score (nSPS) is 12.5. The van der Waals surface area contributed by atoms with Gasteiger partial charge in [0.05, 0.1) is 0 Å². The summed E-state index contributed by atoms with van der Waals surface area (Å²) in [5.41, 5.74) is 0. The topological polar surface area (TPSA) is 78.9 Å². The van der Waals surface area contributed by atoms with E-state index in [1.807, 2.05) is 0 Å². The van der Waals surface area contributed by atoms with Crippen LogP contribution in [0.2, 0.25) is 0 Å². The van der Waals surface area contributed by atoms with Gasteiger partial charge in [-0.3, -0.25) is 14.4 Å². The molecule has 0 saturated carbocycles. The van der Waals surface area contributed by atoms with E-state index in [2.05, 4.69) is 93.7 Å². The lowest BCUT2D eigenvalue weighted by molar-refractivity contribution is -0.167. The molecule has 6 nitrogen and oxygen atoms in total. The molecule has 0 fully saturated rings. The molecule has 1 unspecified atom stereocenters. The molecule has 0 aliphatic rings. The number of carbonyl (C=O) groups is 3. The second-order valence-electron chi connectivity index (χ2n) is 22.7. The molecule has 0 aliphatic heterocycles. The fourth-order valence-electron chi connectivity index (χ4n) is 9.77. The minimum absolute atomic E-state index is 0.0811. The Hall–Kier alpha value is -3.15. The molecule has 0 aromatic heterocycles. The lowest BCUT2D eigenvalue weighted by atomic mass is 10.0. The number of rotatable bonds is 62. The zero-order valence-corrected chi connectivity index (χ0v) is 51.9. The Morgan fingerprint density at radius 1 is 0.256 bits per heavy atom. The van der Waals surface area contributed by atoms with Gasteiger partial charge in [-0.05, 0) is 116 Å². The first-order valence-electron chi connectivity index (χ1n) is 33.9. The molecule has 0 N–H and O–H groups in total. The van der Waals surface area contributed by atoms with Crippen LogP contribution in [0.5, 0.6) is 0 Å². The van der Waals surface area contributed by atoms with Crippen molar-refractivity contribution in [2.75, 3.05) is 13.2 Å². The third kappa shape index (κ3) is 63.7. The van der Waals surface area contributed by atoms with Crippen molar-refractivity contribution in [2.24, 2.45) is 0 Å². The van der Waals surface area contributed by atoms with Crippen LogP contribution in [0.4, 0.5) is 0 Å². The van der Waals surface area contributed by atoms with Crippen molar-refractivity contribution in [1.82, 2.24) is 0 Å². The summed E-state index contributed by atoms with van der Waals surface area (Å²) in [7, 11) is 0. The van der Waals surface area contributed by atoms with Gasteiger partial charge in [0.15, 0.2) is 6.10 Å². The van der Waals surface area contributed by atoms with E-state index in [-0.39, 0.29) is 31.1 Å². The van der Waals surface area contributed by atoms with Crippen LogP contribution in [0.15, 0.2) is 72.9 Å². The van der Waals surface area contributed by atoms with Gasteiger partial charge in [-0.25, -0.2) is 0 Å². The Kier molecular flexibility index (Phi) is 63.7. The number of hydrogen-bond donors (Lipinski definition) is 0. The molecule has 0 rings (SSSR count). The van der Waals surface area contributed by atoms with Crippen LogP contribution in [-0.2, 0) is 28.6 Å². The molecule has 452 valence electrons. The molecule has 1 atom stereocenters. The van der Waals surface area contributed by atoms with Crippen molar-refractivity contribution in [3.63, 3.8) is 0 Å². The molecule has 78 heavy (non-hydrogen) atoms. The highest BCUT2D eigenvalue weighted by Crippen LogP contribution is 2.16. The fraction of sp³-hybridized carbons (Fsp3) is 0.792. The molecule has 0 saturated heterocycles. The summed E-state index contributed by atoms with van der Waals surface area (Å²) in [6.45, 7) is 6.64. The molecule has 0 aromatic carbocycles. The maximum absolute atomic E-state index is 12.9. The zero-order chi connectivity index (χ0) is 56.4. The Labute approximate surface area is 484 Å². The number of hydrogen-bond acceptors (Lipinski definition) is 6. The van der Waals surface area contributed by atoms with Crippen molar-refractivity contribution in [1.29, 1.82) is 0 Å². The second kappa shape index (κ2) is 66.4. The lowest BCUT2D eigenvalue weighted by Gasteiger charge is -2.18. The minimum Gasteiger partial charge on any atom is -0.462 e. The van der Waals surface area contributed by atoms with Crippen LogP contribution in [-0.4, -0.2) is 37.2 Å². The fourth-order valence-corrected chi connectivity index (χ4v) is 9.77. The van der Waals surface area contributed by atoms with Gasteiger partial charge in [0.2, 0.25) is 0 Å². The molecule has 6 heteroatoms. The third-order valence-corrected chi connectivity index (χ3v) is 14.9. The Balaban J connectivity index is 4.34. The molecule has 0 aliphatic carbocycles. The quantitative estimate of drug-likeness (QED) is 0.0261. The summed E-state index contributed by atoms with van der Waals surface area (Å²) in [5, 5.41) is 0. The van der Waals surface area contributed by atoms with E-state index >= 15 is 0 Å².